The summed E-state index contributed by atoms with van der Waals surface area (Å²) in [6.07, 6.45) is 7.40. The highest BCUT2D eigenvalue weighted by atomic mass is 16.5. The Balaban J connectivity index is 1.53. The van der Waals surface area contributed by atoms with E-state index in [-0.39, 0.29) is 12.0 Å². The topological polar surface area (TPSA) is 105 Å². The molecule has 1 N–H and O–H groups in total. The van der Waals surface area contributed by atoms with E-state index in [0.717, 1.165) is 16.5 Å². The molecule has 0 aliphatic carbocycles. The summed E-state index contributed by atoms with van der Waals surface area (Å²) in [6, 6.07) is 15.3. The molecule has 1 atom stereocenters. The van der Waals surface area contributed by atoms with Gasteiger partial charge in [0.2, 0.25) is 0 Å². The number of nitrogens with one attached hydrogen (secondary N) is 1. The van der Waals surface area contributed by atoms with Crippen molar-refractivity contribution < 1.29 is 23.8 Å². The number of esters is 1. The molecule has 0 radical (unpaired) electrons. The van der Waals surface area contributed by atoms with E-state index in [2.05, 4.69) is 15.4 Å². The SMILES string of the molecule is COC(=O)C1Cc2ccc(cc2)OC/C=C\COc2ccc3nn(cc3c2)-c2ncccc2C(=O)N1. The Morgan fingerprint density at radius 1 is 1.06 bits per heavy atom. The maximum absolute atomic E-state index is 13.3. The van der Waals surface area contributed by atoms with Gasteiger partial charge in [-0.3, -0.25) is 4.79 Å². The van der Waals surface area contributed by atoms with Crippen LogP contribution in [-0.4, -0.2) is 53.0 Å². The Morgan fingerprint density at radius 3 is 2.58 bits per heavy atom. The average molecular weight is 485 g/mol. The third-order valence-corrected chi connectivity index (χ3v) is 5.74. The van der Waals surface area contributed by atoms with E-state index in [4.69, 9.17) is 14.2 Å². The molecule has 182 valence electrons. The number of carbonyl (C=O) groups excluding carboxylic acids is 2. The Morgan fingerprint density at radius 2 is 1.81 bits per heavy atom. The van der Waals surface area contributed by atoms with Crippen LogP contribution in [-0.2, 0) is 16.0 Å². The molecule has 4 heterocycles. The van der Waals surface area contributed by atoms with Gasteiger partial charge in [0.05, 0.1) is 18.2 Å². The number of hydrogen-bond donors (Lipinski definition) is 1. The number of fused-ring (bicyclic) bond motifs is 9. The van der Waals surface area contributed by atoms with E-state index in [1.807, 2.05) is 54.6 Å². The monoisotopic (exact) mass is 484 g/mol. The first-order valence-corrected chi connectivity index (χ1v) is 11.4. The summed E-state index contributed by atoms with van der Waals surface area (Å²) in [7, 11) is 1.29. The number of benzene rings is 2. The van der Waals surface area contributed by atoms with Crippen LogP contribution in [0.3, 0.4) is 0 Å². The molecule has 2 aliphatic rings. The van der Waals surface area contributed by atoms with Gasteiger partial charge in [-0.1, -0.05) is 12.1 Å². The zero-order valence-corrected chi connectivity index (χ0v) is 19.6. The summed E-state index contributed by atoms with van der Waals surface area (Å²) >= 11 is 0. The predicted molar refractivity (Wildman–Crippen MR) is 132 cm³/mol. The molecule has 2 aromatic carbocycles. The largest absolute Gasteiger partial charge is 0.490 e. The molecular weight excluding hydrogens is 460 g/mol. The lowest BCUT2D eigenvalue weighted by molar-refractivity contribution is -0.142. The summed E-state index contributed by atoms with van der Waals surface area (Å²) in [4.78, 5) is 30.2. The molecule has 4 aromatic rings. The number of ether oxygens (including phenoxy) is 3. The van der Waals surface area contributed by atoms with Crippen molar-refractivity contribution in [3.05, 3.63) is 90.3 Å². The minimum atomic E-state index is -0.893. The fourth-order valence-corrected chi connectivity index (χ4v) is 3.91. The maximum atomic E-state index is 13.3. The van der Waals surface area contributed by atoms with Gasteiger partial charge in [0.1, 0.15) is 30.8 Å². The van der Waals surface area contributed by atoms with E-state index >= 15 is 0 Å². The standard InChI is InChI=1S/C27H24N4O5/c1-34-27(33)24-15-18-6-8-20(9-7-18)35-13-2-3-14-36-21-10-11-23-19(16-21)17-31(30-23)25-22(26(32)29-24)5-4-12-28-25/h2-12,16-17,24H,13-15H2,1H3,(H,29,32)/b3-2-. The van der Waals surface area contributed by atoms with Gasteiger partial charge in [-0.2, -0.15) is 5.10 Å². The van der Waals surface area contributed by atoms with Gasteiger partial charge in [0, 0.05) is 24.2 Å². The molecule has 0 saturated carbocycles. The lowest BCUT2D eigenvalue weighted by atomic mass is 10.1. The Kier molecular flexibility index (Phi) is 6.61. The quantitative estimate of drug-likeness (QED) is 0.327. The Labute approximate surface area is 207 Å². The fraction of sp³-hybridized carbons (Fsp3) is 0.185. The van der Waals surface area contributed by atoms with Crippen LogP contribution in [0.1, 0.15) is 15.9 Å². The van der Waals surface area contributed by atoms with Gasteiger partial charge in [-0.25, -0.2) is 14.5 Å². The lowest BCUT2D eigenvalue weighted by Gasteiger charge is -2.18. The first-order chi connectivity index (χ1) is 17.6. The van der Waals surface area contributed by atoms with Gasteiger partial charge in [-0.15, -0.1) is 0 Å². The van der Waals surface area contributed by atoms with Crippen molar-refractivity contribution in [3.8, 4) is 17.3 Å². The highest BCUT2D eigenvalue weighted by molar-refractivity contribution is 5.99. The smallest absolute Gasteiger partial charge is 0.328 e. The summed E-state index contributed by atoms with van der Waals surface area (Å²) in [5, 5.41) is 8.21. The first-order valence-electron chi connectivity index (χ1n) is 11.4. The second kappa shape index (κ2) is 10.3. The Hall–Kier alpha value is -4.66. The number of methoxy groups -OCH3 is 1. The predicted octanol–water partition coefficient (Wildman–Crippen LogP) is 3.26. The minimum absolute atomic E-state index is 0.250. The second-order valence-corrected chi connectivity index (χ2v) is 8.16. The van der Waals surface area contributed by atoms with Crippen molar-refractivity contribution in [1.82, 2.24) is 20.1 Å². The van der Waals surface area contributed by atoms with E-state index < -0.39 is 17.9 Å². The van der Waals surface area contributed by atoms with Crippen molar-refractivity contribution >= 4 is 22.8 Å². The molecule has 9 heteroatoms. The fourth-order valence-electron chi connectivity index (χ4n) is 3.91. The first kappa shape index (κ1) is 23.1. The zero-order valence-electron chi connectivity index (χ0n) is 19.6. The molecule has 1 amide bonds. The van der Waals surface area contributed by atoms with Crippen LogP contribution < -0.4 is 14.8 Å². The number of aromatic nitrogens is 3. The van der Waals surface area contributed by atoms with Crippen LogP contribution >= 0.6 is 0 Å². The van der Waals surface area contributed by atoms with Crippen molar-refractivity contribution in [2.24, 2.45) is 0 Å². The molecule has 5 bridgehead atoms. The zero-order chi connectivity index (χ0) is 24.9. The molecule has 6 rings (SSSR count). The summed E-state index contributed by atoms with van der Waals surface area (Å²) in [6.45, 7) is 0.780. The molecule has 0 saturated heterocycles. The third-order valence-electron chi connectivity index (χ3n) is 5.74. The minimum Gasteiger partial charge on any atom is -0.490 e. The molecule has 0 spiro atoms. The maximum Gasteiger partial charge on any atom is 0.328 e. The van der Waals surface area contributed by atoms with Crippen LogP contribution in [0.4, 0.5) is 0 Å². The van der Waals surface area contributed by atoms with Crippen LogP contribution in [0, 0.1) is 0 Å². The van der Waals surface area contributed by atoms with Gasteiger partial charge in [-0.05, 0) is 60.2 Å². The van der Waals surface area contributed by atoms with E-state index in [1.165, 1.54) is 7.11 Å². The van der Waals surface area contributed by atoms with Crippen LogP contribution in [0.25, 0.3) is 16.7 Å². The van der Waals surface area contributed by atoms with Crippen LogP contribution in [0.15, 0.2) is 79.1 Å². The molecule has 0 fully saturated rings. The van der Waals surface area contributed by atoms with Gasteiger partial charge < -0.3 is 19.5 Å². The van der Waals surface area contributed by atoms with E-state index in [1.54, 1.807) is 29.2 Å². The molecule has 2 aliphatic heterocycles. The molecule has 36 heavy (non-hydrogen) atoms. The summed E-state index contributed by atoms with van der Waals surface area (Å²) in [5.41, 5.74) is 1.84. The van der Waals surface area contributed by atoms with Crippen molar-refractivity contribution in [3.63, 3.8) is 0 Å². The van der Waals surface area contributed by atoms with Gasteiger partial charge >= 0.3 is 5.97 Å². The number of hydrogen-bond acceptors (Lipinski definition) is 7. The summed E-state index contributed by atoms with van der Waals surface area (Å²) < 4.78 is 18.1. The molecule has 2 aromatic heterocycles. The van der Waals surface area contributed by atoms with E-state index in [9.17, 15) is 9.59 Å². The molecule has 1 unspecified atom stereocenters. The molecular formula is C27H24N4O5. The highest BCUT2D eigenvalue weighted by Crippen LogP contribution is 2.22. The van der Waals surface area contributed by atoms with Crippen molar-refractivity contribution in [2.45, 2.75) is 12.5 Å². The molecule has 9 nitrogen and oxygen atoms in total. The van der Waals surface area contributed by atoms with Crippen LogP contribution in [0.2, 0.25) is 0 Å². The van der Waals surface area contributed by atoms with Gasteiger partial charge in [0.15, 0.2) is 5.82 Å². The van der Waals surface area contributed by atoms with Gasteiger partial charge in [0.25, 0.3) is 5.91 Å². The summed E-state index contributed by atoms with van der Waals surface area (Å²) in [5.74, 6) is 0.709. The number of nitrogens with zero attached hydrogens (tertiary/aromatic N) is 3. The average Bonchev–Trinajstić information content (AvgIpc) is 3.33. The van der Waals surface area contributed by atoms with Crippen molar-refractivity contribution in [1.29, 1.82) is 0 Å². The second-order valence-electron chi connectivity index (χ2n) is 8.16. The number of amides is 1. The van der Waals surface area contributed by atoms with Crippen LogP contribution in [0.5, 0.6) is 11.5 Å². The van der Waals surface area contributed by atoms with Crippen molar-refractivity contribution in [2.75, 3.05) is 20.3 Å². The third kappa shape index (κ3) is 5.05. The lowest BCUT2D eigenvalue weighted by Crippen LogP contribution is -2.43. The highest BCUT2D eigenvalue weighted by Gasteiger charge is 2.25. The normalized spacial score (nSPS) is 16.9. The Bertz CT molecular complexity index is 1430. The van der Waals surface area contributed by atoms with E-state index in [0.29, 0.717) is 30.5 Å². The number of rotatable bonds is 1. The number of pyridine rings is 1. The number of carbonyl (C=O) groups is 2.